The van der Waals surface area contributed by atoms with Gasteiger partial charge in [-0.25, -0.2) is 14.8 Å². The smallest absolute Gasteiger partial charge is 0.326 e. The summed E-state index contributed by atoms with van der Waals surface area (Å²) in [5.41, 5.74) is 1.30. The zero-order chi connectivity index (χ0) is 20.7. The maximum Gasteiger partial charge on any atom is 0.326 e. The summed E-state index contributed by atoms with van der Waals surface area (Å²) < 4.78 is 1.61. The maximum absolute atomic E-state index is 11.4. The molecular formula is C19H15N9O2. The van der Waals surface area contributed by atoms with Gasteiger partial charge in [0.15, 0.2) is 11.1 Å². The first kappa shape index (κ1) is 17.6. The third-order valence-electron chi connectivity index (χ3n) is 4.53. The highest BCUT2D eigenvalue weighted by molar-refractivity contribution is 5.60. The third-order valence-corrected chi connectivity index (χ3v) is 4.53. The van der Waals surface area contributed by atoms with Gasteiger partial charge in [-0.05, 0) is 31.1 Å². The molecule has 148 valence electrons. The minimum absolute atomic E-state index is 0.226. The molecule has 4 aromatic rings. The van der Waals surface area contributed by atoms with Crippen LogP contribution in [-0.4, -0.2) is 40.7 Å². The molecule has 0 spiro atoms. The highest BCUT2D eigenvalue weighted by atomic mass is 16.3. The van der Waals surface area contributed by atoms with E-state index in [1.54, 1.807) is 35.0 Å². The summed E-state index contributed by atoms with van der Waals surface area (Å²) in [6.45, 7) is 0. The molecule has 0 aliphatic heterocycles. The van der Waals surface area contributed by atoms with Gasteiger partial charge in [-0.3, -0.25) is 9.98 Å². The number of rotatable bonds is 4. The van der Waals surface area contributed by atoms with Crippen LogP contribution in [-0.2, 0) is 0 Å². The first-order chi connectivity index (χ1) is 14.6. The molecule has 0 bridgehead atoms. The van der Waals surface area contributed by atoms with Gasteiger partial charge in [0.2, 0.25) is 5.88 Å². The second-order valence-electron chi connectivity index (χ2n) is 6.85. The first-order valence-corrected chi connectivity index (χ1v) is 9.18. The third kappa shape index (κ3) is 3.37. The van der Waals surface area contributed by atoms with Gasteiger partial charge in [0.1, 0.15) is 23.4 Å². The standard InChI is InChI=1S/C19H15N9O2/c20-7-10-1-4-14(21-8-10)25-15-6-16(23-12-2-3-12)28-17(26-15)11(9-22-28)5-13-18(29)27-19(30)24-13/h1,4-6,8-9,12,29H,2-3H2,(H,21,25)(H2,24,27,30)/b11-5+,23-16?. The first-order valence-electron chi connectivity index (χ1n) is 9.18. The number of aromatic amines is 2. The predicted octanol–water partition coefficient (Wildman–Crippen LogP) is 0.0724. The van der Waals surface area contributed by atoms with Crippen molar-refractivity contribution in [2.24, 2.45) is 4.99 Å². The van der Waals surface area contributed by atoms with Gasteiger partial charge in [-0.2, -0.15) is 14.9 Å². The second-order valence-corrected chi connectivity index (χ2v) is 6.85. The Bertz CT molecular complexity index is 1470. The number of aromatic nitrogens is 6. The van der Waals surface area contributed by atoms with Crippen molar-refractivity contribution >= 4 is 23.4 Å². The van der Waals surface area contributed by atoms with Crippen LogP contribution in [0.15, 0.2) is 40.4 Å². The van der Waals surface area contributed by atoms with E-state index in [1.165, 1.54) is 6.20 Å². The molecule has 0 atom stereocenters. The summed E-state index contributed by atoms with van der Waals surface area (Å²) in [6, 6.07) is 7.41. The maximum atomic E-state index is 11.4. The Balaban J connectivity index is 1.65. The number of imidazole rings is 1. The van der Waals surface area contributed by atoms with Crippen LogP contribution in [0.5, 0.6) is 5.88 Å². The van der Waals surface area contributed by atoms with E-state index in [-0.39, 0.29) is 17.6 Å². The molecule has 30 heavy (non-hydrogen) atoms. The lowest BCUT2D eigenvalue weighted by Gasteiger charge is -2.05. The number of aromatic hydroxyl groups is 1. The van der Waals surface area contributed by atoms with E-state index < -0.39 is 5.69 Å². The van der Waals surface area contributed by atoms with Crippen molar-refractivity contribution in [2.75, 3.05) is 5.32 Å². The van der Waals surface area contributed by atoms with Crippen LogP contribution in [0.25, 0.3) is 11.7 Å². The topological polar surface area (TPSA) is 160 Å². The monoisotopic (exact) mass is 401 g/mol. The van der Waals surface area contributed by atoms with Crippen molar-refractivity contribution in [3.8, 4) is 11.9 Å². The van der Waals surface area contributed by atoms with Gasteiger partial charge in [0, 0.05) is 17.5 Å². The van der Waals surface area contributed by atoms with Crippen molar-refractivity contribution < 1.29 is 5.11 Å². The molecule has 1 saturated carbocycles. The molecule has 4 N–H and O–H groups in total. The molecule has 4 heterocycles. The fourth-order valence-electron chi connectivity index (χ4n) is 2.93. The van der Waals surface area contributed by atoms with Crippen LogP contribution in [0.2, 0.25) is 0 Å². The Morgan fingerprint density at radius 2 is 2.17 bits per heavy atom. The molecule has 11 nitrogen and oxygen atoms in total. The highest BCUT2D eigenvalue weighted by Crippen LogP contribution is 2.22. The van der Waals surface area contributed by atoms with Gasteiger partial charge in [0.05, 0.1) is 17.8 Å². The fraction of sp³-hybridized carbons (Fsp3) is 0.158. The van der Waals surface area contributed by atoms with Gasteiger partial charge >= 0.3 is 5.69 Å². The predicted molar refractivity (Wildman–Crippen MR) is 106 cm³/mol. The number of fused-ring (bicyclic) bond motifs is 1. The zero-order valence-corrected chi connectivity index (χ0v) is 15.5. The largest absolute Gasteiger partial charge is 0.493 e. The van der Waals surface area contributed by atoms with Crippen LogP contribution in [0.3, 0.4) is 0 Å². The lowest BCUT2D eigenvalue weighted by atomic mass is 10.3. The van der Waals surface area contributed by atoms with E-state index in [4.69, 9.17) is 10.3 Å². The van der Waals surface area contributed by atoms with Gasteiger partial charge in [-0.15, -0.1) is 0 Å². The summed E-state index contributed by atoms with van der Waals surface area (Å²) >= 11 is 0. The van der Waals surface area contributed by atoms with E-state index in [1.807, 2.05) is 6.07 Å². The Kier molecular flexibility index (Phi) is 4.03. The average molecular weight is 401 g/mol. The molecule has 11 heteroatoms. The Labute approximate surface area is 168 Å². The van der Waals surface area contributed by atoms with E-state index >= 15 is 0 Å². The zero-order valence-electron chi connectivity index (χ0n) is 15.5. The Hall–Kier alpha value is -4.46. The minimum Gasteiger partial charge on any atom is -0.493 e. The van der Waals surface area contributed by atoms with Crippen molar-refractivity contribution in [1.82, 2.24) is 29.5 Å². The van der Waals surface area contributed by atoms with Crippen LogP contribution in [0.1, 0.15) is 24.1 Å². The number of nitrogens with one attached hydrogen (secondary N) is 3. The van der Waals surface area contributed by atoms with E-state index in [0.717, 1.165) is 12.8 Å². The number of pyridine rings is 1. The number of hydrogen-bond donors (Lipinski definition) is 4. The summed E-state index contributed by atoms with van der Waals surface area (Å²) in [4.78, 5) is 29.7. The molecule has 0 aromatic carbocycles. The van der Waals surface area contributed by atoms with Crippen LogP contribution < -0.4 is 21.7 Å². The normalized spacial score (nSPS) is 14.9. The number of H-pyrrole nitrogens is 2. The summed E-state index contributed by atoms with van der Waals surface area (Å²) in [6.07, 6.45) is 6.69. The fourth-order valence-corrected chi connectivity index (χ4v) is 2.93. The SMILES string of the molecule is N#Cc1ccc(Nc2cc(=NC3CC3)n3nc/c(=C\c4[nH]c(=O)[nH]c4O)c3n2)nc1. The molecular weight excluding hydrogens is 386 g/mol. The number of anilines is 2. The van der Waals surface area contributed by atoms with Crippen LogP contribution >= 0.6 is 0 Å². The number of hydrogen-bond acceptors (Lipinski definition) is 8. The molecule has 1 fully saturated rings. The molecule has 0 saturated heterocycles. The summed E-state index contributed by atoms with van der Waals surface area (Å²) in [7, 11) is 0. The molecule has 5 rings (SSSR count). The van der Waals surface area contributed by atoms with Gasteiger partial charge < -0.3 is 15.4 Å². The number of nitriles is 1. The van der Waals surface area contributed by atoms with Crippen molar-refractivity contribution in [3.05, 3.63) is 63.0 Å². The molecule has 0 unspecified atom stereocenters. The molecule has 1 aliphatic carbocycles. The lowest BCUT2D eigenvalue weighted by molar-refractivity contribution is 0.454. The molecule has 0 radical (unpaired) electrons. The minimum atomic E-state index is -0.512. The van der Waals surface area contributed by atoms with Crippen molar-refractivity contribution in [3.63, 3.8) is 0 Å². The lowest BCUT2D eigenvalue weighted by Crippen LogP contribution is -2.20. The average Bonchev–Trinajstić information content (AvgIpc) is 3.37. The summed E-state index contributed by atoms with van der Waals surface area (Å²) in [5, 5.41) is 26.8. The van der Waals surface area contributed by atoms with Gasteiger partial charge in [0.25, 0.3) is 0 Å². The van der Waals surface area contributed by atoms with Crippen LogP contribution in [0.4, 0.5) is 11.6 Å². The molecule has 1 aliphatic rings. The van der Waals surface area contributed by atoms with Gasteiger partial charge in [-0.1, -0.05) is 0 Å². The quantitative estimate of drug-likeness (QED) is 0.376. The van der Waals surface area contributed by atoms with E-state index in [2.05, 4.69) is 30.4 Å². The number of nitrogens with zero attached hydrogens (tertiary/aromatic N) is 6. The molecule has 0 amide bonds. The van der Waals surface area contributed by atoms with Crippen molar-refractivity contribution in [2.45, 2.75) is 18.9 Å². The van der Waals surface area contributed by atoms with E-state index in [0.29, 0.717) is 33.6 Å². The second kappa shape index (κ2) is 6.85. The van der Waals surface area contributed by atoms with E-state index in [9.17, 15) is 9.90 Å². The molecule has 4 aromatic heterocycles. The Morgan fingerprint density at radius 1 is 1.30 bits per heavy atom. The van der Waals surface area contributed by atoms with Crippen LogP contribution in [0, 0.1) is 11.3 Å². The van der Waals surface area contributed by atoms with Crippen molar-refractivity contribution in [1.29, 1.82) is 5.26 Å². The Morgan fingerprint density at radius 3 is 2.83 bits per heavy atom. The highest BCUT2D eigenvalue weighted by Gasteiger charge is 2.20. The summed E-state index contributed by atoms with van der Waals surface area (Å²) in [5.74, 6) is 0.764.